The minimum atomic E-state index is -0.788. The van der Waals surface area contributed by atoms with E-state index in [1.165, 1.54) is 154 Å². The van der Waals surface area contributed by atoms with Crippen molar-refractivity contribution in [2.45, 2.75) is 290 Å². The number of unbranched alkanes of at least 4 members (excludes halogenated alkanes) is 31. The predicted octanol–water partition coefficient (Wildman–Crippen LogP) is 18.3. The van der Waals surface area contributed by atoms with Crippen molar-refractivity contribution < 1.29 is 28.6 Å². The zero-order valence-corrected chi connectivity index (χ0v) is 42.6. The van der Waals surface area contributed by atoms with E-state index in [-0.39, 0.29) is 31.1 Å². The number of allylic oxidation sites excluding steroid dienone is 8. The lowest BCUT2D eigenvalue weighted by atomic mass is 10.0. The summed E-state index contributed by atoms with van der Waals surface area (Å²) in [6.07, 6.45) is 64.0. The zero-order valence-electron chi connectivity index (χ0n) is 42.6. The number of carbonyl (C=O) groups is 3. The molecule has 6 nitrogen and oxygen atoms in total. The topological polar surface area (TPSA) is 78.9 Å². The average Bonchev–Trinajstić information content (AvgIpc) is 3.29. The van der Waals surface area contributed by atoms with Gasteiger partial charge >= 0.3 is 17.9 Å². The fourth-order valence-electron chi connectivity index (χ4n) is 7.92. The monoisotopic (exact) mass is 897 g/mol. The van der Waals surface area contributed by atoms with Crippen LogP contribution in [0.1, 0.15) is 284 Å². The Balaban J connectivity index is 4.29. The van der Waals surface area contributed by atoms with Crippen LogP contribution in [0.2, 0.25) is 0 Å². The number of carbonyl (C=O) groups excluding carboxylic acids is 3. The Morgan fingerprint density at radius 2 is 0.609 bits per heavy atom. The Bertz CT molecular complexity index is 1120. The highest BCUT2D eigenvalue weighted by Gasteiger charge is 2.19. The molecule has 0 N–H and O–H groups in total. The van der Waals surface area contributed by atoms with E-state index < -0.39 is 6.10 Å². The van der Waals surface area contributed by atoms with E-state index in [1.807, 2.05) is 0 Å². The molecule has 0 aromatic heterocycles. The van der Waals surface area contributed by atoms with Crippen LogP contribution in [0.25, 0.3) is 0 Å². The van der Waals surface area contributed by atoms with E-state index in [9.17, 15) is 14.4 Å². The van der Waals surface area contributed by atoms with Gasteiger partial charge in [0.2, 0.25) is 0 Å². The van der Waals surface area contributed by atoms with Gasteiger partial charge in [0.1, 0.15) is 13.2 Å². The molecule has 1 unspecified atom stereocenters. The molecule has 64 heavy (non-hydrogen) atoms. The number of hydrogen-bond acceptors (Lipinski definition) is 6. The van der Waals surface area contributed by atoms with Gasteiger partial charge in [-0.15, -0.1) is 0 Å². The Morgan fingerprint density at radius 3 is 1.02 bits per heavy atom. The van der Waals surface area contributed by atoms with Crippen molar-refractivity contribution in [3.05, 3.63) is 48.6 Å². The van der Waals surface area contributed by atoms with Crippen LogP contribution in [-0.4, -0.2) is 37.2 Å². The Morgan fingerprint density at radius 1 is 0.328 bits per heavy atom. The summed E-state index contributed by atoms with van der Waals surface area (Å²) in [6.45, 7) is 6.50. The van der Waals surface area contributed by atoms with Gasteiger partial charge in [-0.2, -0.15) is 0 Å². The van der Waals surface area contributed by atoms with Crippen molar-refractivity contribution in [2.24, 2.45) is 0 Å². The van der Waals surface area contributed by atoms with Crippen molar-refractivity contribution in [3.63, 3.8) is 0 Å². The fourth-order valence-corrected chi connectivity index (χ4v) is 7.92. The van der Waals surface area contributed by atoms with Gasteiger partial charge in [0.15, 0.2) is 6.10 Å². The molecule has 0 saturated heterocycles. The quantitative estimate of drug-likeness (QED) is 0.0262. The Hall–Kier alpha value is -2.63. The molecule has 0 spiro atoms. The molecule has 0 radical (unpaired) electrons. The highest BCUT2D eigenvalue weighted by atomic mass is 16.6. The fraction of sp³-hybridized carbons (Fsp3) is 0.810. The molecule has 0 aliphatic carbocycles. The van der Waals surface area contributed by atoms with Gasteiger partial charge < -0.3 is 14.2 Å². The maximum Gasteiger partial charge on any atom is 0.306 e. The standard InChI is InChI=1S/C58H104O6/c1-4-7-10-13-16-19-22-25-26-27-28-29-30-31-32-34-36-39-42-45-48-51-57(60)63-54-55(53-62-56(59)50-47-44-41-38-35-24-21-18-15-12-9-6-3)64-58(61)52-49-46-43-40-37-33-23-20-17-14-11-8-5-2/h8,11,17-18,20-21,33,37,55H,4-7,9-10,12-16,19,22-32,34-36,38-54H2,1-3H3/b11-8-,20-17-,21-18-,37-33-. The van der Waals surface area contributed by atoms with Crippen LogP contribution in [-0.2, 0) is 28.6 Å². The summed E-state index contributed by atoms with van der Waals surface area (Å²) in [7, 11) is 0. The van der Waals surface area contributed by atoms with Crippen molar-refractivity contribution in [1.29, 1.82) is 0 Å². The molecule has 0 fully saturated rings. The van der Waals surface area contributed by atoms with Crippen LogP contribution >= 0.6 is 0 Å². The average molecular weight is 897 g/mol. The summed E-state index contributed by atoms with van der Waals surface area (Å²) < 4.78 is 16.8. The molecular weight excluding hydrogens is 793 g/mol. The second-order valence-electron chi connectivity index (χ2n) is 18.5. The molecule has 0 aliphatic heterocycles. The van der Waals surface area contributed by atoms with Crippen LogP contribution in [0, 0.1) is 0 Å². The summed E-state index contributed by atoms with van der Waals surface area (Å²) in [6, 6.07) is 0. The molecule has 0 amide bonds. The van der Waals surface area contributed by atoms with Gasteiger partial charge in [-0.05, 0) is 77.0 Å². The van der Waals surface area contributed by atoms with Crippen molar-refractivity contribution in [1.82, 2.24) is 0 Å². The van der Waals surface area contributed by atoms with Gasteiger partial charge in [0.05, 0.1) is 0 Å². The summed E-state index contributed by atoms with van der Waals surface area (Å²) in [5, 5.41) is 0. The molecule has 0 heterocycles. The number of ether oxygens (including phenoxy) is 3. The maximum absolute atomic E-state index is 12.8. The molecule has 0 rings (SSSR count). The van der Waals surface area contributed by atoms with Crippen molar-refractivity contribution in [3.8, 4) is 0 Å². The molecular formula is C58H104O6. The van der Waals surface area contributed by atoms with Gasteiger partial charge in [0, 0.05) is 19.3 Å². The van der Waals surface area contributed by atoms with E-state index in [1.54, 1.807) is 0 Å². The minimum Gasteiger partial charge on any atom is -0.462 e. The predicted molar refractivity (Wildman–Crippen MR) is 275 cm³/mol. The second kappa shape index (κ2) is 53.0. The van der Waals surface area contributed by atoms with E-state index in [2.05, 4.69) is 69.4 Å². The third-order valence-corrected chi connectivity index (χ3v) is 12.1. The Labute approximate surface area is 397 Å². The first-order valence-corrected chi connectivity index (χ1v) is 27.6. The maximum atomic E-state index is 12.8. The highest BCUT2D eigenvalue weighted by Crippen LogP contribution is 2.16. The van der Waals surface area contributed by atoms with Gasteiger partial charge in [-0.25, -0.2) is 0 Å². The normalized spacial score (nSPS) is 12.4. The third-order valence-electron chi connectivity index (χ3n) is 12.1. The first kappa shape index (κ1) is 61.4. The second-order valence-corrected chi connectivity index (χ2v) is 18.5. The van der Waals surface area contributed by atoms with Crippen LogP contribution in [0.5, 0.6) is 0 Å². The van der Waals surface area contributed by atoms with Crippen LogP contribution in [0.15, 0.2) is 48.6 Å². The van der Waals surface area contributed by atoms with E-state index in [0.29, 0.717) is 19.3 Å². The first-order valence-electron chi connectivity index (χ1n) is 27.6. The number of rotatable bonds is 50. The van der Waals surface area contributed by atoms with Crippen LogP contribution in [0.3, 0.4) is 0 Å². The van der Waals surface area contributed by atoms with Gasteiger partial charge in [-0.3, -0.25) is 14.4 Å². The molecule has 0 aliphatic rings. The van der Waals surface area contributed by atoms with Crippen LogP contribution < -0.4 is 0 Å². The molecule has 0 bridgehead atoms. The van der Waals surface area contributed by atoms with E-state index >= 15 is 0 Å². The molecule has 0 aromatic carbocycles. The van der Waals surface area contributed by atoms with E-state index in [4.69, 9.17) is 14.2 Å². The molecule has 1 atom stereocenters. The highest BCUT2D eigenvalue weighted by molar-refractivity contribution is 5.71. The van der Waals surface area contributed by atoms with Gasteiger partial charge in [0.25, 0.3) is 0 Å². The largest absolute Gasteiger partial charge is 0.462 e. The lowest BCUT2D eigenvalue weighted by molar-refractivity contribution is -0.167. The molecule has 6 heteroatoms. The first-order chi connectivity index (χ1) is 31.5. The summed E-state index contributed by atoms with van der Waals surface area (Å²) >= 11 is 0. The zero-order chi connectivity index (χ0) is 46.5. The van der Waals surface area contributed by atoms with Gasteiger partial charge in [-0.1, -0.05) is 236 Å². The SMILES string of the molecule is CC/C=C\C/C=C\C/C=C\CCCCCC(=O)OC(COC(=O)CCCCCCC/C=C\CCCCC)COC(=O)CCCCCCCCCCCCCCCCCCCCCCC. The minimum absolute atomic E-state index is 0.0850. The summed E-state index contributed by atoms with van der Waals surface area (Å²) in [5.41, 5.74) is 0. The third kappa shape index (κ3) is 50.4. The summed E-state index contributed by atoms with van der Waals surface area (Å²) in [4.78, 5) is 38.0. The van der Waals surface area contributed by atoms with E-state index in [0.717, 1.165) is 89.9 Å². The molecule has 0 aromatic rings. The van der Waals surface area contributed by atoms with Crippen LogP contribution in [0.4, 0.5) is 0 Å². The number of hydrogen-bond donors (Lipinski definition) is 0. The molecule has 0 saturated carbocycles. The summed E-state index contributed by atoms with van der Waals surface area (Å²) in [5.74, 6) is -0.914. The smallest absolute Gasteiger partial charge is 0.306 e. The Kier molecular flexibility index (Phi) is 50.8. The lowest BCUT2D eigenvalue weighted by Gasteiger charge is -2.18. The van der Waals surface area contributed by atoms with Crippen molar-refractivity contribution in [2.75, 3.05) is 13.2 Å². The van der Waals surface area contributed by atoms with Crippen molar-refractivity contribution >= 4 is 17.9 Å². The molecule has 372 valence electrons. The lowest BCUT2D eigenvalue weighted by Crippen LogP contribution is -2.30. The number of esters is 3.